The van der Waals surface area contributed by atoms with Crippen molar-refractivity contribution in [3.8, 4) is 11.3 Å². The summed E-state index contributed by atoms with van der Waals surface area (Å²) in [6, 6.07) is 15.0. The van der Waals surface area contributed by atoms with Gasteiger partial charge in [0.05, 0.1) is 11.0 Å². The minimum Gasteiger partial charge on any atom is -0.337 e. The van der Waals surface area contributed by atoms with Crippen molar-refractivity contribution in [2.24, 2.45) is 0 Å². The van der Waals surface area contributed by atoms with Crippen molar-refractivity contribution in [2.45, 2.75) is 26.3 Å². The highest BCUT2D eigenvalue weighted by Gasteiger charge is 2.19. The minimum absolute atomic E-state index is 0.0479. The van der Waals surface area contributed by atoms with Crippen molar-refractivity contribution in [1.82, 2.24) is 19.4 Å². The molecule has 0 aliphatic carbocycles. The molecule has 0 saturated carbocycles. The molecule has 30 heavy (non-hydrogen) atoms. The summed E-state index contributed by atoms with van der Waals surface area (Å²) in [6.07, 6.45) is 1.85. The Labute approximate surface area is 176 Å². The first kappa shape index (κ1) is 20.3. The van der Waals surface area contributed by atoms with Gasteiger partial charge in [0.25, 0.3) is 11.5 Å². The Bertz CT molecular complexity index is 1100. The highest BCUT2D eigenvalue weighted by Crippen LogP contribution is 2.19. The second-order valence-corrected chi connectivity index (χ2v) is 7.93. The van der Waals surface area contributed by atoms with Crippen LogP contribution in [0.5, 0.6) is 0 Å². The van der Waals surface area contributed by atoms with Crippen LogP contribution in [0.3, 0.4) is 0 Å². The summed E-state index contributed by atoms with van der Waals surface area (Å²) >= 11 is 0. The predicted octanol–water partition coefficient (Wildman–Crippen LogP) is 3.25. The molecule has 0 spiro atoms. The van der Waals surface area contributed by atoms with Crippen LogP contribution in [-0.2, 0) is 6.54 Å². The predicted molar refractivity (Wildman–Crippen MR) is 120 cm³/mol. The van der Waals surface area contributed by atoms with Gasteiger partial charge in [-0.15, -0.1) is 0 Å². The maximum atomic E-state index is 13.1. The molecule has 0 bridgehead atoms. The second kappa shape index (κ2) is 8.79. The molecule has 1 amide bonds. The third-order valence-corrected chi connectivity index (χ3v) is 5.71. The molecule has 0 unspecified atom stereocenters. The lowest BCUT2D eigenvalue weighted by Gasteiger charge is -2.20. The number of aromatic nitrogens is 2. The molecule has 0 N–H and O–H groups in total. The number of likely N-dealkylation sites (N-methyl/N-ethyl adjacent to an activating group) is 1. The number of carbonyl (C=O) groups is 1. The SMILES string of the molecule is CCCn1c(=O)c(-c2ccc(C(=O)N3CCCN(C)CC3)cc2)nc2ccccc21. The van der Waals surface area contributed by atoms with Gasteiger partial charge in [-0.25, -0.2) is 4.98 Å². The summed E-state index contributed by atoms with van der Waals surface area (Å²) in [5.41, 5.74) is 3.38. The molecule has 3 aromatic rings. The van der Waals surface area contributed by atoms with E-state index < -0.39 is 0 Å². The van der Waals surface area contributed by atoms with Gasteiger partial charge in [0.15, 0.2) is 0 Å². The highest BCUT2D eigenvalue weighted by atomic mass is 16.2. The molecule has 1 aliphatic heterocycles. The Hall–Kier alpha value is -2.99. The normalized spacial score (nSPS) is 15.3. The molecule has 0 radical (unpaired) electrons. The number of benzene rings is 2. The number of rotatable bonds is 4. The Morgan fingerprint density at radius 1 is 1.00 bits per heavy atom. The first-order valence-corrected chi connectivity index (χ1v) is 10.7. The van der Waals surface area contributed by atoms with E-state index in [1.54, 1.807) is 4.57 Å². The second-order valence-electron chi connectivity index (χ2n) is 7.93. The van der Waals surface area contributed by atoms with E-state index in [0.29, 0.717) is 17.8 Å². The maximum Gasteiger partial charge on any atom is 0.277 e. The van der Waals surface area contributed by atoms with E-state index in [2.05, 4.69) is 23.9 Å². The van der Waals surface area contributed by atoms with Gasteiger partial charge in [-0.3, -0.25) is 9.59 Å². The molecule has 6 heteroatoms. The highest BCUT2D eigenvalue weighted by molar-refractivity contribution is 5.94. The number of carbonyl (C=O) groups excluding carboxylic acids is 1. The van der Waals surface area contributed by atoms with Crippen molar-refractivity contribution < 1.29 is 4.79 Å². The zero-order valence-electron chi connectivity index (χ0n) is 17.7. The standard InChI is InChI=1S/C24H28N4O2/c1-3-13-28-21-8-5-4-7-20(21)25-22(24(28)30)18-9-11-19(12-10-18)23(29)27-15-6-14-26(2)16-17-27/h4-5,7-12H,3,6,13-17H2,1-2H3. The number of hydrogen-bond donors (Lipinski definition) is 0. The van der Waals surface area contributed by atoms with Crippen molar-refractivity contribution >= 4 is 16.9 Å². The summed E-state index contributed by atoms with van der Waals surface area (Å²) in [5.74, 6) is 0.0479. The van der Waals surface area contributed by atoms with Crippen LogP contribution >= 0.6 is 0 Å². The van der Waals surface area contributed by atoms with E-state index in [1.807, 2.05) is 53.4 Å². The lowest BCUT2D eigenvalue weighted by atomic mass is 10.1. The Morgan fingerprint density at radius 2 is 1.77 bits per heavy atom. The van der Waals surface area contributed by atoms with E-state index in [9.17, 15) is 9.59 Å². The third kappa shape index (κ3) is 4.00. The van der Waals surface area contributed by atoms with Gasteiger partial charge in [0.2, 0.25) is 0 Å². The van der Waals surface area contributed by atoms with Crippen molar-refractivity contribution in [3.63, 3.8) is 0 Å². The van der Waals surface area contributed by atoms with Crippen LogP contribution in [0.2, 0.25) is 0 Å². The Balaban J connectivity index is 1.66. The van der Waals surface area contributed by atoms with Gasteiger partial charge in [-0.2, -0.15) is 0 Å². The Morgan fingerprint density at radius 3 is 2.53 bits per heavy atom. The molecule has 2 heterocycles. The van der Waals surface area contributed by atoms with Crippen LogP contribution < -0.4 is 5.56 Å². The van der Waals surface area contributed by atoms with E-state index in [-0.39, 0.29) is 11.5 Å². The number of fused-ring (bicyclic) bond motifs is 1. The minimum atomic E-state index is -0.0924. The summed E-state index contributed by atoms with van der Waals surface area (Å²) in [5, 5.41) is 0. The smallest absolute Gasteiger partial charge is 0.277 e. The number of aryl methyl sites for hydroxylation is 1. The third-order valence-electron chi connectivity index (χ3n) is 5.71. The fourth-order valence-corrected chi connectivity index (χ4v) is 4.03. The lowest BCUT2D eigenvalue weighted by molar-refractivity contribution is 0.0763. The average Bonchev–Trinajstić information content (AvgIpc) is 2.99. The van der Waals surface area contributed by atoms with E-state index >= 15 is 0 Å². The monoisotopic (exact) mass is 404 g/mol. The molecule has 1 aliphatic rings. The maximum absolute atomic E-state index is 13.1. The van der Waals surface area contributed by atoms with E-state index in [1.165, 1.54) is 0 Å². The van der Waals surface area contributed by atoms with Crippen LogP contribution in [0.4, 0.5) is 0 Å². The summed E-state index contributed by atoms with van der Waals surface area (Å²) in [7, 11) is 2.09. The molecule has 2 aromatic carbocycles. The summed E-state index contributed by atoms with van der Waals surface area (Å²) in [6.45, 7) is 6.13. The zero-order chi connectivity index (χ0) is 21.1. The number of amides is 1. The molecule has 156 valence electrons. The largest absolute Gasteiger partial charge is 0.337 e. The van der Waals surface area contributed by atoms with Gasteiger partial charge in [0.1, 0.15) is 5.69 Å². The molecular weight excluding hydrogens is 376 g/mol. The number of nitrogens with zero attached hydrogens (tertiary/aromatic N) is 4. The fourth-order valence-electron chi connectivity index (χ4n) is 4.03. The topological polar surface area (TPSA) is 58.4 Å². The van der Waals surface area contributed by atoms with Crippen molar-refractivity contribution in [3.05, 3.63) is 64.4 Å². The molecule has 4 rings (SSSR count). The van der Waals surface area contributed by atoms with E-state index in [0.717, 1.165) is 55.6 Å². The lowest BCUT2D eigenvalue weighted by Crippen LogP contribution is -2.34. The van der Waals surface area contributed by atoms with Crippen LogP contribution in [0.1, 0.15) is 30.1 Å². The molecule has 0 atom stereocenters. The quantitative estimate of drug-likeness (QED) is 0.670. The molecule has 1 fully saturated rings. The van der Waals surface area contributed by atoms with Crippen molar-refractivity contribution in [2.75, 3.05) is 33.2 Å². The van der Waals surface area contributed by atoms with Crippen LogP contribution in [-0.4, -0.2) is 58.5 Å². The Kier molecular flexibility index (Phi) is 5.95. The summed E-state index contributed by atoms with van der Waals surface area (Å²) < 4.78 is 1.80. The van der Waals surface area contributed by atoms with Crippen LogP contribution in [0, 0.1) is 0 Å². The first-order chi connectivity index (χ1) is 14.6. The molecule has 1 aromatic heterocycles. The van der Waals surface area contributed by atoms with Crippen molar-refractivity contribution in [1.29, 1.82) is 0 Å². The molecule has 6 nitrogen and oxygen atoms in total. The van der Waals surface area contributed by atoms with Crippen LogP contribution in [0.15, 0.2) is 53.3 Å². The van der Waals surface area contributed by atoms with Gasteiger partial charge in [-0.05, 0) is 50.7 Å². The van der Waals surface area contributed by atoms with Gasteiger partial charge in [0, 0.05) is 37.3 Å². The van der Waals surface area contributed by atoms with Gasteiger partial charge >= 0.3 is 0 Å². The number of para-hydroxylation sites is 2. The first-order valence-electron chi connectivity index (χ1n) is 10.7. The number of hydrogen-bond acceptors (Lipinski definition) is 4. The van der Waals surface area contributed by atoms with Crippen LogP contribution in [0.25, 0.3) is 22.3 Å². The zero-order valence-corrected chi connectivity index (χ0v) is 17.7. The fraction of sp³-hybridized carbons (Fsp3) is 0.375. The molecular formula is C24H28N4O2. The van der Waals surface area contributed by atoms with Gasteiger partial charge < -0.3 is 14.4 Å². The van der Waals surface area contributed by atoms with Gasteiger partial charge in [-0.1, -0.05) is 31.2 Å². The average molecular weight is 405 g/mol. The molecule has 1 saturated heterocycles. The summed E-state index contributed by atoms with van der Waals surface area (Å²) in [4.78, 5) is 34.9. The van der Waals surface area contributed by atoms with E-state index in [4.69, 9.17) is 0 Å².